The zero-order valence-electron chi connectivity index (χ0n) is 16.4. The Morgan fingerprint density at radius 3 is 1.88 bits per heavy atom. The third-order valence-corrected chi connectivity index (χ3v) is 6.07. The molecule has 1 aliphatic heterocycles. The number of benzene rings is 1. The summed E-state index contributed by atoms with van der Waals surface area (Å²) in [5.74, 6) is -0.00268. The number of fused-ring (bicyclic) bond motifs is 1. The number of nitrogens with one attached hydrogen (secondary N) is 1. The SMILES string of the molecule is Cc1c(C)c(C)c2c(c1C)NC(=O)C2=Cc1c(C)c(C)c(C)n1C.[V]. The Morgan fingerprint density at radius 1 is 0.800 bits per heavy atom. The maximum Gasteiger partial charge on any atom is 0.256 e. The Balaban J connectivity index is 0.00000225. The van der Waals surface area contributed by atoms with Gasteiger partial charge in [-0.25, -0.2) is 0 Å². The van der Waals surface area contributed by atoms with Crippen molar-refractivity contribution < 1.29 is 23.4 Å². The first kappa shape index (κ1) is 19.6. The molecule has 2 aromatic rings. The average molecular weight is 373 g/mol. The van der Waals surface area contributed by atoms with Gasteiger partial charge in [0, 0.05) is 42.6 Å². The Hall–Kier alpha value is -1.71. The van der Waals surface area contributed by atoms with Crippen molar-refractivity contribution >= 4 is 23.2 Å². The number of carbonyl (C=O) groups is 1. The first-order valence-electron chi connectivity index (χ1n) is 8.43. The van der Waals surface area contributed by atoms with Crippen LogP contribution < -0.4 is 5.32 Å². The number of hydrogen-bond donors (Lipinski definition) is 1. The largest absolute Gasteiger partial charge is 0.348 e. The van der Waals surface area contributed by atoms with Crippen LogP contribution in [0.15, 0.2) is 0 Å². The van der Waals surface area contributed by atoms with Crippen molar-refractivity contribution in [1.82, 2.24) is 4.57 Å². The van der Waals surface area contributed by atoms with Crippen molar-refractivity contribution in [3.05, 3.63) is 50.3 Å². The number of hydrogen-bond acceptors (Lipinski definition) is 1. The summed E-state index contributed by atoms with van der Waals surface area (Å²) in [4.78, 5) is 12.7. The zero-order valence-corrected chi connectivity index (χ0v) is 17.8. The summed E-state index contributed by atoms with van der Waals surface area (Å²) in [6.45, 7) is 14.9. The molecule has 0 fully saturated rings. The third kappa shape index (κ3) is 2.70. The minimum absolute atomic E-state index is 0. The predicted octanol–water partition coefficient (Wildman–Crippen LogP) is 4.67. The van der Waals surface area contributed by atoms with E-state index >= 15 is 0 Å². The standard InChI is InChI=1S/C21H26N2O.V/c1-10-11(2)15(6)20-19(14(10)5)17(21(24)22-20)9-18-13(4)12(3)16(7)23(18)8;/h9H,1-8H3,(H,22,24);. The maximum absolute atomic E-state index is 12.7. The molecule has 1 radical (unpaired) electrons. The Bertz CT molecular complexity index is 907. The van der Waals surface area contributed by atoms with Crippen molar-refractivity contribution in [1.29, 1.82) is 0 Å². The van der Waals surface area contributed by atoms with E-state index in [1.165, 1.54) is 39.1 Å². The Kier molecular flexibility index (Phi) is 5.14. The van der Waals surface area contributed by atoms with Crippen LogP contribution >= 0.6 is 0 Å². The summed E-state index contributed by atoms with van der Waals surface area (Å²) in [6, 6.07) is 0. The van der Waals surface area contributed by atoms with Crippen LogP contribution in [0.2, 0.25) is 0 Å². The van der Waals surface area contributed by atoms with Crippen LogP contribution in [0.25, 0.3) is 11.6 Å². The van der Waals surface area contributed by atoms with E-state index in [2.05, 4.69) is 71.5 Å². The van der Waals surface area contributed by atoms with Crippen LogP contribution in [-0.4, -0.2) is 10.5 Å². The predicted molar refractivity (Wildman–Crippen MR) is 102 cm³/mol. The van der Waals surface area contributed by atoms with E-state index in [1.54, 1.807) is 0 Å². The van der Waals surface area contributed by atoms with Gasteiger partial charge in [-0.05, 0) is 87.9 Å². The summed E-state index contributed by atoms with van der Waals surface area (Å²) >= 11 is 0. The summed E-state index contributed by atoms with van der Waals surface area (Å²) in [6.07, 6.45) is 2.05. The second-order valence-electron chi connectivity index (χ2n) is 7.04. The zero-order chi connectivity index (χ0) is 17.9. The number of nitrogens with zero attached hydrogens (tertiary/aromatic N) is 1. The molecule has 0 aliphatic carbocycles. The molecule has 0 unspecified atom stereocenters. The molecule has 1 amide bonds. The molecule has 4 heteroatoms. The van der Waals surface area contributed by atoms with E-state index in [0.717, 1.165) is 22.5 Å². The van der Waals surface area contributed by atoms with Crippen molar-refractivity contribution in [2.45, 2.75) is 48.5 Å². The molecule has 1 N–H and O–H groups in total. The molecule has 0 spiro atoms. The van der Waals surface area contributed by atoms with Gasteiger partial charge in [0.2, 0.25) is 0 Å². The minimum Gasteiger partial charge on any atom is -0.348 e. The van der Waals surface area contributed by atoms with Crippen LogP contribution in [0.4, 0.5) is 5.69 Å². The van der Waals surface area contributed by atoms with Crippen LogP contribution in [-0.2, 0) is 30.4 Å². The fourth-order valence-corrected chi connectivity index (χ4v) is 3.73. The van der Waals surface area contributed by atoms with Gasteiger partial charge in [0.15, 0.2) is 0 Å². The molecule has 0 saturated heterocycles. The monoisotopic (exact) mass is 373 g/mol. The molecule has 131 valence electrons. The number of carbonyl (C=O) groups excluding carboxylic acids is 1. The van der Waals surface area contributed by atoms with Gasteiger partial charge in [0.05, 0.1) is 11.3 Å². The number of aromatic nitrogens is 1. The molecule has 1 aliphatic rings. The normalized spacial score (nSPS) is 14.6. The van der Waals surface area contributed by atoms with Crippen molar-refractivity contribution in [3.63, 3.8) is 0 Å². The first-order valence-corrected chi connectivity index (χ1v) is 8.43. The molecule has 3 nitrogen and oxygen atoms in total. The first-order chi connectivity index (χ1) is 11.2. The van der Waals surface area contributed by atoms with E-state index in [0.29, 0.717) is 0 Å². The summed E-state index contributed by atoms with van der Waals surface area (Å²) < 4.78 is 2.17. The van der Waals surface area contributed by atoms with Gasteiger partial charge in [-0.2, -0.15) is 0 Å². The van der Waals surface area contributed by atoms with E-state index in [4.69, 9.17) is 0 Å². The Labute approximate surface area is 162 Å². The van der Waals surface area contributed by atoms with Crippen molar-refractivity contribution in [2.24, 2.45) is 7.05 Å². The maximum atomic E-state index is 12.7. The van der Waals surface area contributed by atoms with Gasteiger partial charge < -0.3 is 9.88 Å². The molecular formula is C21H26N2OV. The smallest absolute Gasteiger partial charge is 0.256 e. The second kappa shape index (κ2) is 6.55. The van der Waals surface area contributed by atoms with Crippen LogP contribution in [0.3, 0.4) is 0 Å². The van der Waals surface area contributed by atoms with E-state index in [-0.39, 0.29) is 24.5 Å². The fraction of sp³-hybridized carbons (Fsp3) is 0.381. The Morgan fingerprint density at radius 2 is 1.36 bits per heavy atom. The van der Waals surface area contributed by atoms with E-state index < -0.39 is 0 Å². The van der Waals surface area contributed by atoms with Gasteiger partial charge in [0.25, 0.3) is 5.91 Å². The molecule has 0 bridgehead atoms. The molecule has 0 atom stereocenters. The van der Waals surface area contributed by atoms with Gasteiger partial charge in [-0.3, -0.25) is 4.79 Å². The second-order valence-corrected chi connectivity index (χ2v) is 7.04. The molecule has 1 aromatic heterocycles. The van der Waals surface area contributed by atoms with E-state index in [9.17, 15) is 4.79 Å². The van der Waals surface area contributed by atoms with Gasteiger partial charge in [-0.15, -0.1) is 0 Å². The summed E-state index contributed by atoms with van der Waals surface area (Å²) in [5.41, 5.74) is 12.6. The number of anilines is 1. The van der Waals surface area contributed by atoms with Crippen molar-refractivity contribution in [3.8, 4) is 0 Å². The minimum atomic E-state index is -0.00268. The van der Waals surface area contributed by atoms with Gasteiger partial charge in [-0.1, -0.05) is 0 Å². The van der Waals surface area contributed by atoms with Crippen LogP contribution in [0.5, 0.6) is 0 Å². The molecule has 2 heterocycles. The molecular weight excluding hydrogens is 347 g/mol. The summed E-state index contributed by atoms with van der Waals surface area (Å²) in [7, 11) is 2.06. The molecule has 0 saturated carbocycles. The van der Waals surface area contributed by atoms with Crippen LogP contribution in [0.1, 0.15) is 50.3 Å². The fourth-order valence-electron chi connectivity index (χ4n) is 3.73. The van der Waals surface area contributed by atoms with Gasteiger partial charge >= 0.3 is 0 Å². The third-order valence-electron chi connectivity index (χ3n) is 6.07. The molecule has 3 rings (SSSR count). The topological polar surface area (TPSA) is 34.0 Å². The van der Waals surface area contributed by atoms with E-state index in [1.807, 2.05) is 0 Å². The quantitative estimate of drug-likeness (QED) is 0.724. The molecule has 1 aromatic carbocycles. The van der Waals surface area contributed by atoms with Crippen molar-refractivity contribution in [2.75, 3.05) is 5.32 Å². The summed E-state index contributed by atoms with van der Waals surface area (Å²) in [5, 5.41) is 3.09. The number of amides is 1. The average Bonchev–Trinajstić information content (AvgIpc) is 2.97. The molecule has 25 heavy (non-hydrogen) atoms. The van der Waals surface area contributed by atoms with Crippen LogP contribution in [0, 0.1) is 48.5 Å². The number of rotatable bonds is 1. The van der Waals surface area contributed by atoms with Gasteiger partial charge in [0.1, 0.15) is 0 Å².